The Kier molecular flexibility index (Phi) is 26.1. The third kappa shape index (κ3) is 18.4. The summed E-state index contributed by atoms with van der Waals surface area (Å²) in [5, 5.41) is 15.2. The molecule has 0 spiro atoms. The lowest BCUT2D eigenvalue weighted by molar-refractivity contribution is -0.121. The number of hydrogen-bond donors (Lipinski definition) is 6. The lowest BCUT2D eigenvalue weighted by Gasteiger charge is -2.22. The molecule has 1 unspecified atom stereocenters. The summed E-state index contributed by atoms with van der Waals surface area (Å²) in [5.41, 5.74) is 21.7. The first kappa shape index (κ1) is 55.3. The fraction of sp³-hybridized carbons (Fsp3) is 0.347. The van der Waals surface area contributed by atoms with E-state index in [2.05, 4.69) is 40.7 Å². The lowest BCUT2D eigenvalue weighted by atomic mass is 9.98. The highest BCUT2D eigenvalue weighted by Gasteiger charge is 2.34. The van der Waals surface area contributed by atoms with Gasteiger partial charge in [0.15, 0.2) is 0 Å². The first-order valence-electron chi connectivity index (χ1n) is 21.4. The maximum absolute atomic E-state index is 13.5. The second-order valence-corrected chi connectivity index (χ2v) is 14.4. The number of phenols is 1. The summed E-state index contributed by atoms with van der Waals surface area (Å²) in [6, 6.07) is 23.5. The number of carbonyl (C=O) groups is 5. The molecule has 0 saturated heterocycles. The number of carbonyl (C=O) groups excluding carboxylic acids is 5. The number of fused-ring (bicyclic) bond motifs is 1. The van der Waals surface area contributed by atoms with Gasteiger partial charge in [-0.05, 0) is 105 Å². The van der Waals surface area contributed by atoms with Crippen molar-refractivity contribution < 1.29 is 47.7 Å². The van der Waals surface area contributed by atoms with Gasteiger partial charge >= 0.3 is 0 Å². The van der Waals surface area contributed by atoms with Gasteiger partial charge in [-0.3, -0.25) is 24.2 Å². The minimum atomic E-state index is -0.661. The van der Waals surface area contributed by atoms with Crippen molar-refractivity contribution in [3.63, 3.8) is 0 Å². The molecule has 4 amide bonds. The number of amides is 4. The molecule has 1 atom stereocenters. The maximum Gasteiger partial charge on any atom is 0.255 e. The summed E-state index contributed by atoms with van der Waals surface area (Å²) in [4.78, 5) is 62.2. The van der Waals surface area contributed by atoms with Crippen LogP contribution in [0.25, 0.3) is 5.70 Å². The number of aryl methyl sites for hydroxylation is 2. The molecule has 0 aromatic heterocycles. The first-order chi connectivity index (χ1) is 31.9. The van der Waals surface area contributed by atoms with Gasteiger partial charge in [-0.1, -0.05) is 55.5 Å². The Hall–Kier alpha value is -6.79. The van der Waals surface area contributed by atoms with Crippen LogP contribution in [0.3, 0.4) is 0 Å². The summed E-state index contributed by atoms with van der Waals surface area (Å²) in [6.45, 7) is 11.1. The molecule has 4 aromatic carbocycles. The highest BCUT2D eigenvalue weighted by molar-refractivity contribution is 6.09. The molecule has 9 N–H and O–H groups in total. The van der Waals surface area contributed by atoms with Crippen LogP contribution >= 0.6 is 0 Å². The molecule has 17 heteroatoms. The van der Waals surface area contributed by atoms with E-state index in [0.29, 0.717) is 85.9 Å². The zero-order chi connectivity index (χ0) is 48.9. The summed E-state index contributed by atoms with van der Waals surface area (Å²) >= 11 is 0. The molecule has 0 bridgehead atoms. The third-order valence-electron chi connectivity index (χ3n) is 9.85. The average Bonchev–Trinajstić information content (AvgIpc) is 3.67. The Morgan fingerprint density at radius 2 is 1.55 bits per heavy atom. The van der Waals surface area contributed by atoms with Gasteiger partial charge in [-0.25, -0.2) is 4.39 Å². The van der Waals surface area contributed by atoms with Crippen molar-refractivity contribution in [1.82, 2.24) is 10.2 Å². The minimum absolute atomic E-state index is 0.0503. The van der Waals surface area contributed by atoms with Gasteiger partial charge in [-0.2, -0.15) is 0 Å². The van der Waals surface area contributed by atoms with Crippen LogP contribution in [-0.2, 0) is 53.0 Å². The van der Waals surface area contributed by atoms with Crippen molar-refractivity contribution in [2.24, 2.45) is 22.2 Å². The van der Waals surface area contributed by atoms with E-state index in [1.54, 1.807) is 30.3 Å². The summed E-state index contributed by atoms with van der Waals surface area (Å²) in [6.07, 6.45) is 3.23. The predicted octanol–water partition coefficient (Wildman–Crippen LogP) is 5.49. The second kappa shape index (κ2) is 31.1. The predicted molar refractivity (Wildman–Crippen MR) is 254 cm³/mol. The van der Waals surface area contributed by atoms with E-state index < -0.39 is 6.04 Å². The molecule has 16 nitrogen and oxygen atoms in total. The molecule has 0 fully saturated rings. The molecule has 5 rings (SSSR count). The molecular formula is C49H64FN7O9. The number of phenolic OH excluding ortho intramolecular Hbond substituents is 1. The zero-order valence-electron chi connectivity index (χ0n) is 38.2. The number of benzene rings is 4. The molecule has 1 aliphatic heterocycles. The fourth-order valence-electron chi connectivity index (χ4n) is 6.40. The van der Waals surface area contributed by atoms with Crippen LogP contribution < -0.4 is 27.8 Å². The number of aldehydes is 1. The topological polar surface area (TPSA) is 251 Å². The number of halogens is 1. The maximum atomic E-state index is 13.5. The van der Waals surface area contributed by atoms with Crippen molar-refractivity contribution >= 4 is 54.2 Å². The van der Waals surface area contributed by atoms with Gasteiger partial charge in [0.1, 0.15) is 17.9 Å². The second-order valence-electron chi connectivity index (χ2n) is 14.4. The van der Waals surface area contributed by atoms with E-state index in [0.717, 1.165) is 35.3 Å². The monoisotopic (exact) mass is 913 g/mol. The van der Waals surface area contributed by atoms with Crippen LogP contribution in [0.1, 0.15) is 70.8 Å². The average molecular weight is 914 g/mol. The number of hydrogen-bond acceptors (Lipinski definition) is 12. The number of aromatic hydroxyl groups is 1. The van der Waals surface area contributed by atoms with E-state index in [9.17, 15) is 28.7 Å². The molecule has 66 heavy (non-hydrogen) atoms. The normalized spacial score (nSPS) is 12.0. The molecule has 0 radical (unpaired) electrons. The number of aliphatic imine (C=N–C) groups is 1. The highest BCUT2D eigenvalue weighted by atomic mass is 19.1. The number of nitrogens with one attached hydrogen (secondary N) is 2. The van der Waals surface area contributed by atoms with E-state index >= 15 is 0 Å². The molecule has 356 valence electrons. The highest BCUT2D eigenvalue weighted by Crippen LogP contribution is 2.32. The summed E-state index contributed by atoms with van der Waals surface area (Å²) < 4.78 is 30.0. The van der Waals surface area contributed by atoms with Crippen LogP contribution in [0.2, 0.25) is 0 Å². The number of nitrogens with two attached hydrogens (primary N) is 3. The number of nitrogens with zero attached hydrogens (tertiary/aromatic N) is 2. The quantitative estimate of drug-likeness (QED) is 0.0249. The number of rotatable bonds is 22. The Balaban J connectivity index is 0.000000497. The standard InChI is InChI=1S/C33H40FN3O4.C14H16N2O4.CH3NO.CH5N/c1-4-17-39-18-19-40-20-21-41-23-26-6-11-27(12-7-26)32(35)29(15-10-25-8-13-28(34)14-9-25)33(38)37-30-16-5-24(2)22-31(30)36-3;1-15-13(19)6-5-9(8-17)16-7-11-10(14(16)20)3-2-4-12(11)18;2-1-3;1-2/h5-9,11-14,16,22H,3-4,10,15,17-21,23,35H2,1-2H3,(H,37,38);2-4,8-9,18H,5-7H2,1H3,(H,15,19);1H,(H2,2,3);2H2,1H3/b32-29-;;;. The zero-order valence-corrected chi connectivity index (χ0v) is 38.2. The lowest BCUT2D eigenvalue weighted by Crippen LogP contribution is -2.37. The number of anilines is 1. The van der Waals surface area contributed by atoms with Crippen LogP contribution in [0.4, 0.5) is 15.8 Å². The number of primary amides is 1. The van der Waals surface area contributed by atoms with E-state index in [1.807, 2.05) is 43.3 Å². The van der Waals surface area contributed by atoms with Crippen LogP contribution in [0.15, 0.2) is 95.5 Å². The van der Waals surface area contributed by atoms with Crippen molar-refractivity contribution in [1.29, 1.82) is 0 Å². The van der Waals surface area contributed by atoms with Gasteiger partial charge in [0, 0.05) is 42.5 Å². The molecular weight excluding hydrogens is 850 g/mol. The summed E-state index contributed by atoms with van der Waals surface area (Å²) in [7, 11) is 3.02. The van der Waals surface area contributed by atoms with E-state index in [1.165, 1.54) is 37.2 Å². The van der Waals surface area contributed by atoms with Crippen molar-refractivity contribution in [3.05, 3.63) is 130 Å². The smallest absolute Gasteiger partial charge is 0.255 e. The minimum Gasteiger partial charge on any atom is -0.508 e. The SMILES string of the molecule is C=Nc1cc(C)ccc1NC(=O)/C(CCc1ccc(F)cc1)=C(\N)c1ccc(COCCOCCOCCC)cc1.CN.CNC(=O)CCC(C=O)N1Cc2c(O)cccc2C1=O.NC=O. The number of ether oxygens (including phenoxy) is 3. The molecule has 4 aromatic rings. The van der Waals surface area contributed by atoms with Gasteiger partial charge < -0.3 is 56.8 Å². The Morgan fingerprint density at radius 1 is 0.924 bits per heavy atom. The van der Waals surface area contributed by atoms with Gasteiger partial charge in [0.2, 0.25) is 12.3 Å². The van der Waals surface area contributed by atoms with Gasteiger partial charge in [0.05, 0.1) is 57.0 Å². The third-order valence-corrected chi connectivity index (χ3v) is 9.85. The Labute approximate surface area is 386 Å². The van der Waals surface area contributed by atoms with Crippen molar-refractivity contribution in [3.8, 4) is 5.75 Å². The molecule has 1 heterocycles. The molecule has 0 saturated carbocycles. The molecule has 1 aliphatic rings. The first-order valence-corrected chi connectivity index (χ1v) is 21.4. The largest absolute Gasteiger partial charge is 0.508 e. The van der Waals surface area contributed by atoms with Crippen LogP contribution in [-0.4, -0.2) is 100 Å². The van der Waals surface area contributed by atoms with Gasteiger partial charge in [-0.15, -0.1) is 0 Å². The van der Waals surface area contributed by atoms with Gasteiger partial charge in [0.25, 0.3) is 11.8 Å². The van der Waals surface area contributed by atoms with Crippen molar-refractivity contribution in [2.75, 3.05) is 52.4 Å². The fourth-order valence-corrected chi connectivity index (χ4v) is 6.40. The van der Waals surface area contributed by atoms with Crippen LogP contribution in [0.5, 0.6) is 5.75 Å². The van der Waals surface area contributed by atoms with E-state index in [4.69, 9.17) is 24.7 Å². The summed E-state index contributed by atoms with van der Waals surface area (Å²) in [5.74, 6) is -1.05. The van der Waals surface area contributed by atoms with Crippen LogP contribution in [0, 0.1) is 12.7 Å². The molecule has 0 aliphatic carbocycles. The Bertz CT molecular complexity index is 2190. The van der Waals surface area contributed by atoms with Crippen molar-refractivity contribution in [2.45, 2.75) is 65.1 Å². The Morgan fingerprint density at radius 3 is 2.14 bits per heavy atom. The van der Waals surface area contributed by atoms with E-state index in [-0.39, 0.29) is 55.1 Å².